The molecule has 37 heavy (non-hydrogen) atoms. The molecule has 1 saturated heterocycles. The number of pyridine rings is 2. The van der Waals surface area contributed by atoms with E-state index in [0.29, 0.717) is 5.11 Å². The molecule has 4 heterocycles. The molecule has 2 N–H and O–H groups in total. The van der Waals surface area contributed by atoms with Crippen LogP contribution in [0.4, 0.5) is 11.4 Å². The lowest BCUT2D eigenvalue weighted by molar-refractivity contribution is -0.118. The zero-order valence-electron chi connectivity index (χ0n) is 21.3. The number of amides is 1. The predicted molar refractivity (Wildman–Crippen MR) is 151 cm³/mol. The number of hydrogen-bond acceptors (Lipinski definition) is 4. The van der Waals surface area contributed by atoms with Crippen molar-refractivity contribution in [2.24, 2.45) is 5.92 Å². The third kappa shape index (κ3) is 4.72. The molecule has 1 aliphatic rings. The van der Waals surface area contributed by atoms with Crippen LogP contribution in [-0.4, -0.2) is 25.6 Å². The quantitative estimate of drug-likeness (QED) is 0.326. The maximum Gasteiger partial charge on any atom is 0.226 e. The lowest BCUT2D eigenvalue weighted by atomic mass is 10.0. The number of rotatable bonds is 6. The molecular formula is C29H30N6OS. The summed E-state index contributed by atoms with van der Waals surface area (Å²) in [5, 5.41) is 7.18. The average molecular weight is 511 g/mol. The fourth-order valence-electron chi connectivity index (χ4n) is 4.78. The summed E-state index contributed by atoms with van der Waals surface area (Å²) in [5.74, 6) is -0.103. The third-order valence-corrected chi connectivity index (χ3v) is 7.00. The van der Waals surface area contributed by atoms with E-state index in [1.54, 1.807) is 6.20 Å². The Morgan fingerprint density at radius 2 is 1.86 bits per heavy atom. The molecule has 188 valence electrons. The Kier molecular flexibility index (Phi) is 6.76. The monoisotopic (exact) mass is 510 g/mol. The summed E-state index contributed by atoms with van der Waals surface area (Å²) >= 11 is 5.92. The number of nitrogens with one attached hydrogen (secondary N) is 2. The van der Waals surface area contributed by atoms with E-state index < -0.39 is 0 Å². The van der Waals surface area contributed by atoms with Crippen LogP contribution >= 0.6 is 12.2 Å². The molecule has 0 aliphatic carbocycles. The molecule has 1 amide bonds. The van der Waals surface area contributed by atoms with E-state index in [0.717, 1.165) is 39.7 Å². The predicted octanol–water partition coefficient (Wildman–Crippen LogP) is 5.66. The Morgan fingerprint density at radius 1 is 1.03 bits per heavy atom. The largest absolute Gasteiger partial charge is 0.351 e. The number of carbonyl (C=O) groups excluding carboxylic acids is 1. The van der Waals surface area contributed by atoms with Crippen molar-refractivity contribution in [1.29, 1.82) is 0 Å². The van der Waals surface area contributed by atoms with Crippen LogP contribution in [0.5, 0.6) is 0 Å². The van der Waals surface area contributed by atoms with E-state index in [1.165, 1.54) is 0 Å². The first-order chi connectivity index (χ1) is 17.8. The number of hydrogen-bond donors (Lipinski definition) is 2. The lowest BCUT2D eigenvalue weighted by Crippen LogP contribution is -2.30. The first kappa shape index (κ1) is 24.6. The van der Waals surface area contributed by atoms with Crippen LogP contribution in [0.3, 0.4) is 0 Å². The molecule has 8 heteroatoms. The fraction of sp³-hybridized carbons (Fsp3) is 0.241. The van der Waals surface area contributed by atoms with Crippen molar-refractivity contribution in [2.75, 3.05) is 10.2 Å². The van der Waals surface area contributed by atoms with Gasteiger partial charge in [-0.15, -0.1) is 0 Å². The van der Waals surface area contributed by atoms with Gasteiger partial charge in [0, 0.05) is 41.1 Å². The molecule has 1 aliphatic heterocycles. The normalized spacial score (nSPS) is 17.2. The van der Waals surface area contributed by atoms with Crippen molar-refractivity contribution in [1.82, 2.24) is 19.9 Å². The Morgan fingerprint density at radius 3 is 2.54 bits per heavy atom. The Bertz CT molecular complexity index is 1430. The summed E-state index contributed by atoms with van der Waals surface area (Å²) in [6.45, 7) is 7.86. The Hall–Kier alpha value is -4.04. The number of aryl methyl sites for hydroxylation is 2. The molecule has 7 nitrogen and oxygen atoms in total. The highest BCUT2D eigenvalue weighted by molar-refractivity contribution is 7.80. The number of aromatic nitrogens is 3. The lowest BCUT2D eigenvalue weighted by Gasteiger charge is -2.29. The van der Waals surface area contributed by atoms with Crippen molar-refractivity contribution >= 4 is 34.6 Å². The third-order valence-electron chi connectivity index (χ3n) is 6.68. The molecule has 0 spiro atoms. The summed E-state index contributed by atoms with van der Waals surface area (Å²) in [6, 6.07) is 19.9. The van der Waals surface area contributed by atoms with Crippen LogP contribution in [0.25, 0.3) is 5.69 Å². The first-order valence-corrected chi connectivity index (χ1v) is 12.8. The van der Waals surface area contributed by atoms with Gasteiger partial charge in [0.2, 0.25) is 5.91 Å². The molecule has 0 bridgehead atoms. The van der Waals surface area contributed by atoms with E-state index in [-0.39, 0.29) is 23.9 Å². The molecule has 1 fully saturated rings. The second-order valence-corrected chi connectivity index (χ2v) is 9.97. The van der Waals surface area contributed by atoms with Gasteiger partial charge < -0.3 is 20.1 Å². The highest BCUT2D eigenvalue weighted by Crippen LogP contribution is 2.43. The van der Waals surface area contributed by atoms with Crippen molar-refractivity contribution in [3.63, 3.8) is 0 Å². The minimum absolute atomic E-state index is 0.00734. The SMILES string of the molecule is Cc1cc(N2C(=S)NC(c3ccccn3)C2c2ccc(C)n2-c2cccnc2)ccc1NC(=O)C(C)C. The van der Waals surface area contributed by atoms with Crippen molar-refractivity contribution in [3.05, 3.63) is 102 Å². The highest BCUT2D eigenvalue weighted by Gasteiger charge is 2.42. The van der Waals surface area contributed by atoms with Gasteiger partial charge in [-0.3, -0.25) is 14.8 Å². The van der Waals surface area contributed by atoms with Gasteiger partial charge >= 0.3 is 0 Å². The minimum atomic E-state index is -0.174. The van der Waals surface area contributed by atoms with Crippen LogP contribution in [-0.2, 0) is 4.79 Å². The highest BCUT2D eigenvalue weighted by atomic mass is 32.1. The minimum Gasteiger partial charge on any atom is -0.351 e. The van der Waals surface area contributed by atoms with Gasteiger partial charge in [-0.1, -0.05) is 19.9 Å². The molecule has 5 rings (SSSR count). The van der Waals surface area contributed by atoms with Gasteiger partial charge in [0.1, 0.15) is 6.04 Å². The number of benzene rings is 1. The number of nitrogens with zero attached hydrogens (tertiary/aromatic N) is 4. The summed E-state index contributed by atoms with van der Waals surface area (Å²) in [6.07, 6.45) is 5.45. The van der Waals surface area contributed by atoms with E-state index >= 15 is 0 Å². The molecule has 4 aromatic rings. The van der Waals surface area contributed by atoms with Gasteiger partial charge in [-0.05, 0) is 86.2 Å². The standard InChI is InChI=1S/C29H30N6OS/c1-18(2)28(36)32-23-12-11-21(16-19(23)3)35-27(26(33-29(35)37)24-9-5-6-15-31-24)25-13-10-20(4)34(25)22-8-7-14-30-17-22/h5-18,26-27H,1-4H3,(H,32,36)(H,33,37). The summed E-state index contributed by atoms with van der Waals surface area (Å²) < 4.78 is 2.22. The van der Waals surface area contributed by atoms with Crippen LogP contribution < -0.4 is 15.5 Å². The van der Waals surface area contributed by atoms with Gasteiger partial charge in [-0.25, -0.2) is 0 Å². The number of carbonyl (C=O) groups is 1. The Balaban J connectivity index is 1.62. The molecular weight excluding hydrogens is 480 g/mol. The molecule has 1 aromatic carbocycles. The van der Waals surface area contributed by atoms with Crippen LogP contribution in [0.15, 0.2) is 79.3 Å². The smallest absolute Gasteiger partial charge is 0.226 e. The van der Waals surface area contributed by atoms with Crippen molar-refractivity contribution < 1.29 is 4.79 Å². The molecule has 3 aromatic heterocycles. The van der Waals surface area contributed by atoms with E-state index in [2.05, 4.69) is 61.3 Å². The molecule has 2 atom stereocenters. The summed E-state index contributed by atoms with van der Waals surface area (Å²) in [4.78, 5) is 23.5. The second kappa shape index (κ2) is 10.1. The van der Waals surface area contributed by atoms with Crippen molar-refractivity contribution in [3.8, 4) is 5.69 Å². The van der Waals surface area contributed by atoms with Gasteiger partial charge in [0.25, 0.3) is 0 Å². The summed E-state index contributed by atoms with van der Waals surface area (Å²) in [5.41, 5.74) is 6.78. The number of thiocarbonyl (C=S) groups is 1. The zero-order chi connectivity index (χ0) is 26.1. The van der Waals surface area contributed by atoms with Crippen LogP contribution in [0, 0.1) is 19.8 Å². The topological polar surface area (TPSA) is 75.1 Å². The van der Waals surface area contributed by atoms with Crippen LogP contribution in [0.1, 0.15) is 48.6 Å². The van der Waals surface area contributed by atoms with E-state index in [4.69, 9.17) is 12.2 Å². The molecule has 0 radical (unpaired) electrons. The van der Waals surface area contributed by atoms with Gasteiger partial charge in [0.15, 0.2) is 5.11 Å². The summed E-state index contributed by atoms with van der Waals surface area (Å²) in [7, 11) is 0. The molecule has 2 unspecified atom stereocenters. The number of anilines is 2. The molecule has 0 saturated carbocycles. The van der Waals surface area contributed by atoms with E-state index in [1.807, 2.05) is 69.6 Å². The Labute approximate surface area is 222 Å². The van der Waals surface area contributed by atoms with Gasteiger partial charge in [0.05, 0.1) is 23.6 Å². The van der Waals surface area contributed by atoms with Gasteiger partial charge in [-0.2, -0.15) is 0 Å². The van der Waals surface area contributed by atoms with E-state index in [9.17, 15) is 4.79 Å². The second-order valence-electron chi connectivity index (χ2n) is 9.59. The average Bonchev–Trinajstić information content (AvgIpc) is 3.45. The maximum atomic E-state index is 12.3. The van der Waals surface area contributed by atoms with Crippen molar-refractivity contribution in [2.45, 2.75) is 39.8 Å². The first-order valence-electron chi connectivity index (χ1n) is 12.4. The fourth-order valence-corrected chi connectivity index (χ4v) is 5.12. The van der Waals surface area contributed by atoms with Crippen LogP contribution in [0.2, 0.25) is 0 Å². The maximum absolute atomic E-state index is 12.3. The zero-order valence-corrected chi connectivity index (χ0v) is 22.2.